The molecule has 0 aromatic heterocycles. The van der Waals surface area contributed by atoms with E-state index in [1.807, 2.05) is 24.3 Å². The molecule has 0 spiro atoms. The molecule has 0 saturated heterocycles. The largest absolute Gasteiger partial charge is 0.481 e. The van der Waals surface area contributed by atoms with Crippen LogP contribution >= 0.6 is 11.6 Å². The van der Waals surface area contributed by atoms with E-state index < -0.39 is 6.10 Å². The number of carbonyl (C=O) groups excluding carboxylic acids is 2. The van der Waals surface area contributed by atoms with Gasteiger partial charge in [0.1, 0.15) is 5.75 Å². The van der Waals surface area contributed by atoms with E-state index in [0.717, 1.165) is 5.56 Å². The van der Waals surface area contributed by atoms with Crippen molar-refractivity contribution in [1.29, 1.82) is 0 Å². The van der Waals surface area contributed by atoms with Crippen molar-refractivity contribution in [2.45, 2.75) is 39.7 Å². The van der Waals surface area contributed by atoms with Gasteiger partial charge in [0.05, 0.1) is 10.7 Å². The quantitative estimate of drug-likeness (QED) is 0.761. The van der Waals surface area contributed by atoms with Gasteiger partial charge in [-0.1, -0.05) is 37.6 Å². The summed E-state index contributed by atoms with van der Waals surface area (Å²) in [6.07, 6.45) is -0.710. The van der Waals surface area contributed by atoms with Crippen molar-refractivity contribution >= 4 is 34.8 Å². The number of nitrogens with one attached hydrogen (secondary N) is 2. The fraction of sp³-hybridized carbons (Fsp3) is 0.300. The van der Waals surface area contributed by atoms with E-state index in [1.54, 1.807) is 25.1 Å². The highest BCUT2D eigenvalue weighted by Crippen LogP contribution is 2.26. The molecular formula is C20H23ClN2O3. The first-order valence-corrected chi connectivity index (χ1v) is 8.78. The Hall–Kier alpha value is -2.53. The van der Waals surface area contributed by atoms with Gasteiger partial charge >= 0.3 is 0 Å². The third kappa shape index (κ3) is 5.49. The zero-order chi connectivity index (χ0) is 19.3. The first kappa shape index (κ1) is 19.8. The second-order valence-electron chi connectivity index (χ2n) is 6.35. The minimum atomic E-state index is -0.710. The number of amides is 2. The van der Waals surface area contributed by atoms with Crippen molar-refractivity contribution < 1.29 is 14.3 Å². The van der Waals surface area contributed by atoms with E-state index in [4.69, 9.17) is 16.3 Å². The smallest absolute Gasteiger partial charge is 0.265 e. The van der Waals surface area contributed by atoms with Crippen LogP contribution in [0.1, 0.15) is 39.2 Å². The molecule has 26 heavy (non-hydrogen) atoms. The molecule has 6 heteroatoms. The van der Waals surface area contributed by atoms with Crippen molar-refractivity contribution in [2.75, 3.05) is 10.6 Å². The van der Waals surface area contributed by atoms with E-state index in [9.17, 15) is 9.59 Å². The Morgan fingerprint density at radius 3 is 2.42 bits per heavy atom. The van der Waals surface area contributed by atoms with Gasteiger partial charge < -0.3 is 15.4 Å². The molecule has 1 unspecified atom stereocenters. The summed E-state index contributed by atoms with van der Waals surface area (Å²) >= 11 is 6.13. The van der Waals surface area contributed by atoms with E-state index >= 15 is 0 Å². The number of anilines is 2. The Bertz CT molecular complexity index is 805. The molecule has 1 atom stereocenters. The maximum absolute atomic E-state index is 12.4. The van der Waals surface area contributed by atoms with Gasteiger partial charge in [0, 0.05) is 12.6 Å². The van der Waals surface area contributed by atoms with Gasteiger partial charge in [-0.3, -0.25) is 9.59 Å². The van der Waals surface area contributed by atoms with Gasteiger partial charge in [0.25, 0.3) is 5.91 Å². The zero-order valence-corrected chi connectivity index (χ0v) is 16.1. The molecule has 2 aromatic carbocycles. The fourth-order valence-electron chi connectivity index (χ4n) is 2.34. The highest BCUT2D eigenvalue weighted by Gasteiger charge is 2.17. The minimum Gasteiger partial charge on any atom is -0.481 e. The van der Waals surface area contributed by atoms with Crippen LogP contribution in [0.4, 0.5) is 11.4 Å². The van der Waals surface area contributed by atoms with Crippen LogP contribution in [0.3, 0.4) is 0 Å². The summed E-state index contributed by atoms with van der Waals surface area (Å²) in [5.74, 6) is 0.475. The molecule has 138 valence electrons. The monoisotopic (exact) mass is 374 g/mol. The molecule has 0 radical (unpaired) electrons. The SMILES string of the molecule is CC(=O)Nc1ccc(Cl)c(NC(=O)C(C)Oc2cccc(C(C)C)c2)c1. The Kier molecular flexibility index (Phi) is 6.64. The molecule has 2 amide bonds. The number of carbonyl (C=O) groups is 2. The van der Waals surface area contributed by atoms with Gasteiger partial charge in [-0.05, 0) is 48.7 Å². The lowest BCUT2D eigenvalue weighted by Gasteiger charge is -2.17. The van der Waals surface area contributed by atoms with Gasteiger partial charge in [0.2, 0.25) is 5.91 Å². The maximum Gasteiger partial charge on any atom is 0.265 e. The number of halogens is 1. The predicted octanol–water partition coefficient (Wildman–Crippen LogP) is 4.83. The molecule has 5 nitrogen and oxygen atoms in total. The van der Waals surface area contributed by atoms with Gasteiger partial charge in [-0.25, -0.2) is 0 Å². The predicted molar refractivity (Wildman–Crippen MR) is 105 cm³/mol. The third-order valence-corrected chi connectivity index (χ3v) is 4.08. The van der Waals surface area contributed by atoms with Crippen molar-refractivity contribution in [3.05, 3.63) is 53.1 Å². The Morgan fingerprint density at radius 1 is 1.04 bits per heavy atom. The van der Waals surface area contributed by atoms with Crippen molar-refractivity contribution in [3.8, 4) is 5.75 Å². The molecule has 2 aromatic rings. The Balaban J connectivity index is 2.07. The molecule has 0 saturated carbocycles. The van der Waals surface area contributed by atoms with E-state index in [1.165, 1.54) is 6.92 Å². The second kappa shape index (κ2) is 8.72. The summed E-state index contributed by atoms with van der Waals surface area (Å²) < 4.78 is 5.75. The van der Waals surface area contributed by atoms with Crippen LogP contribution in [0.5, 0.6) is 5.75 Å². The lowest BCUT2D eigenvalue weighted by atomic mass is 10.0. The van der Waals surface area contributed by atoms with Crippen LogP contribution in [-0.4, -0.2) is 17.9 Å². The average molecular weight is 375 g/mol. The molecule has 2 N–H and O–H groups in total. The van der Waals surface area contributed by atoms with E-state index in [0.29, 0.717) is 28.1 Å². The third-order valence-electron chi connectivity index (χ3n) is 3.75. The summed E-state index contributed by atoms with van der Waals surface area (Å²) in [6.45, 7) is 7.27. The number of ether oxygens (including phenoxy) is 1. The summed E-state index contributed by atoms with van der Waals surface area (Å²) in [6, 6.07) is 12.6. The molecule has 0 aliphatic rings. The number of hydrogen-bond acceptors (Lipinski definition) is 3. The highest BCUT2D eigenvalue weighted by atomic mass is 35.5. The highest BCUT2D eigenvalue weighted by molar-refractivity contribution is 6.33. The summed E-state index contributed by atoms with van der Waals surface area (Å²) in [4.78, 5) is 23.6. The molecular weight excluding hydrogens is 352 g/mol. The number of rotatable bonds is 6. The second-order valence-corrected chi connectivity index (χ2v) is 6.76. The summed E-state index contributed by atoms with van der Waals surface area (Å²) in [7, 11) is 0. The van der Waals surface area contributed by atoms with Crippen LogP contribution in [-0.2, 0) is 9.59 Å². The first-order valence-electron chi connectivity index (χ1n) is 8.41. The topological polar surface area (TPSA) is 67.4 Å². The minimum absolute atomic E-state index is 0.202. The lowest BCUT2D eigenvalue weighted by Crippen LogP contribution is -2.30. The molecule has 0 aliphatic carbocycles. The normalized spacial score (nSPS) is 11.8. The van der Waals surface area contributed by atoms with Gasteiger partial charge in [0.15, 0.2) is 6.10 Å². The molecule has 0 fully saturated rings. The van der Waals surface area contributed by atoms with Crippen molar-refractivity contribution in [3.63, 3.8) is 0 Å². The van der Waals surface area contributed by atoms with Crippen LogP contribution in [0.25, 0.3) is 0 Å². The first-order chi connectivity index (χ1) is 12.3. The number of benzene rings is 2. The number of hydrogen-bond donors (Lipinski definition) is 2. The Labute approximate surface area is 158 Å². The van der Waals surface area contributed by atoms with Gasteiger partial charge in [-0.2, -0.15) is 0 Å². The summed E-state index contributed by atoms with van der Waals surface area (Å²) in [5, 5.41) is 5.76. The standard InChI is InChI=1S/C20H23ClN2O3/c1-12(2)15-6-5-7-17(10-15)26-13(3)20(25)23-19-11-16(22-14(4)24)8-9-18(19)21/h5-13H,1-4H3,(H,22,24)(H,23,25). The fourth-order valence-corrected chi connectivity index (χ4v) is 2.51. The molecule has 0 bridgehead atoms. The van der Waals surface area contributed by atoms with Crippen LogP contribution in [0.2, 0.25) is 5.02 Å². The lowest BCUT2D eigenvalue weighted by molar-refractivity contribution is -0.122. The molecule has 0 aliphatic heterocycles. The van der Waals surface area contributed by atoms with Crippen molar-refractivity contribution in [1.82, 2.24) is 0 Å². The summed E-state index contributed by atoms with van der Waals surface area (Å²) in [5.41, 5.74) is 2.10. The zero-order valence-electron chi connectivity index (χ0n) is 15.3. The Morgan fingerprint density at radius 2 is 1.77 bits per heavy atom. The van der Waals surface area contributed by atoms with E-state index in [-0.39, 0.29) is 11.8 Å². The van der Waals surface area contributed by atoms with Crippen LogP contribution in [0, 0.1) is 0 Å². The average Bonchev–Trinajstić information content (AvgIpc) is 2.57. The van der Waals surface area contributed by atoms with E-state index in [2.05, 4.69) is 24.5 Å². The maximum atomic E-state index is 12.4. The molecule has 0 heterocycles. The van der Waals surface area contributed by atoms with Crippen molar-refractivity contribution in [2.24, 2.45) is 0 Å². The van der Waals surface area contributed by atoms with Gasteiger partial charge in [-0.15, -0.1) is 0 Å². The molecule has 2 rings (SSSR count). The van der Waals surface area contributed by atoms with Crippen LogP contribution < -0.4 is 15.4 Å². The van der Waals surface area contributed by atoms with Crippen LogP contribution in [0.15, 0.2) is 42.5 Å².